The number of amides is 1. The van der Waals surface area contributed by atoms with Crippen LogP contribution in [0.15, 0.2) is 18.3 Å². The minimum Gasteiger partial charge on any atom is -0.336 e. The molecule has 24 heavy (non-hydrogen) atoms. The van der Waals surface area contributed by atoms with Gasteiger partial charge in [-0.15, -0.1) is 0 Å². The number of carbonyl (C=O) groups is 1. The van der Waals surface area contributed by atoms with Gasteiger partial charge in [-0.25, -0.2) is 0 Å². The van der Waals surface area contributed by atoms with E-state index >= 15 is 0 Å². The van der Waals surface area contributed by atoms with Crippen LogP contribution in [0, 0.1) is 24.2 Å². The summed E-state index contributed by atoms with van der Waals surface area (Å²) in [7, 11) is 0. The van der Waals surface area contributed by atoms with E-state index in [9.17, 15) is 10.1 Å². The van der Waals surface area contributed by atoms with E-state index in [1.807, 2.05) is 24.0 Å². The lowest BCUT2D eigenvalue weighted by Gasteiger charge is -2.40. The summed E-state index contributed by atoms with van der Waals surface area (Å²) in [4.78, 5) is 20.9. The molecule has 3 rings (SSSR count). The van der Waals surface area contributed by atoms with Gasteiger partial charge in [0.2, 0.25) is 0 Å². The smallest absolute Gasteiger partial charge is 0.255 e. The monoisotopic (exact) mass is 326 g/mol. The van der Waals surface area contributed by atoms with Crippen molar-refractivity contribution < 1.29 is 4.79 Å². The third-order valence-corrected chi connectivity index (χ3v) is 5.38. The molecule has 2 fully saturated rings. The molecular formula is C19H26N4O. The van der Waals surface area contributed by atoms with Crippen LogP contribution in [-0.2, 0) is 0 Å². The molecule has 1 aromatic heterocycles. The molecule has 1 aromatic rings. The van der Waals surface area contributed by atoms with Crippen LogP contribution >= 0.6 is 0 Å². The highest BCUT2D eigenvalue weighted by Gasteiger charge is 2.32. The van der Waals surface area contributed by atoms with Crippen molar-refractivity contribution in [2.75, 3.05) is 26.2 Å². The first-order valence-corrected chi connectivity index (χ1v) is 9.04. The fourth-order valence-corrected chi connectivity index (χ4v) is 3.92. The van der Waals surface area contributed by atoms with E-state index in [0.29, 0.717) is 24.6 Å². The van der Waals surface area contributed by atoms with Gasteiger partial charge in [-0.1, -0.05) is 19.3 Å². The van der Waals surface area contributed by atoms with Crippen molar-refractivity contribution in [1.82, 2.24) is 14.8 Å². The Balaban J connectivity index is 1.57. The topological polar surface area (TPSA) is 60.2 Å². The number of hydrogen-bond donors (Lipinski definition) is 0. The second-order valence-electron chi connectivity index (χ2n) is 6.99. The van der Waals surface area contributed by atoms with Gasteiger partial charge in [-0.3, -0.25) is 14.7 Å². The van der Waals surface area contributed by atoms with Gasteiger partial charge in [0.05, 0.1) is 11.6 Å². The summed E-state index contributed by atoms with van der Waals surface area (Å²) in [6.07, 6.45) is 7.81. The van der Waals surface area contributed by atoms with E-state index in [2.05, 4.69) is 16.0 Å². The van der Waals surface area contributed by atoms with E-state index in [1.54, 1.807) is 6.20 Å². The molecule has 1 aliphatic carbocycles. The van der Waals surface area contributed by atoms with E-state index in [4.69, 9.17) is 0 Å². The molecule has 5 heteroatoms. The van der Waals surface area contributed by atoms with Crippen LogP contribution in [0.2, 0.25) is 0 Å². The summed E-state index contributed by atoms with van der Waals surface area (Å²) in [6, 6.07) is 6.27. The standard InChI is InChI=1S/C19H26N4O/c1-15-7-8-17(14-21-15)19(24)23-11-9-22(10-12-23)18(13-20)16-5-3-2-4-6-16/h7-8,14,16,18H,2-6,9-12H2,1H3/t18-/m1/s1. The molecular weight excluding hydrogens is 300 g/mol. The predicted molar refractivity (Wildman–Crippen MR) is 92.4 cm³/mol. The zero-order valence-electron chi connectivity index (χ0n) is 14.4. The Morgan fingerprint density at radius 3 is 2.50 bits per heavy atom. The van der Waals surface area contributed by atoms with Crippen molar-refractivity contribution in [3.63, 3.8) is 0 Å². The van der Waals surface area contributed by atoms with Crippen LogP contribution in [0.4, 0.5) is 0 Å². The second-order valence-corrected chi connectivity index (χ2v) is 6.99. The second kappa shape index (κ2) is 7.76. The third kappa shape index (κ3) is 3.76. The van der Waals surface area contributed by atoms with E-state index in [-0.39, 0.29) is 11.9 Å². The molecule has 0 N–H and O–H groups in total. The van der Waals surface area contributed by atoms with Gasteiger partial charge in [-0.05, 0) is 37.8 Å². The van der Waals surface area contributed by atoms with Crippen LogP contribution in [0.3, 0.4) is 0 Å². The van der Waals surface area contributed by atoms with Crippen molar-refractivity contribution in [1.29, 1.82) is 5.26 Å². The first kappa shape index (κ1) is 16.9. The predicted octanol–water partition coefficient (Wildman–Crippen LogP) is 2.62. The lowest BCUT2D eigenvalue weighted by atomic mass is 9.83. The number of aromatic nitrogens is 1. The Kier molecular flexibility index (Phi) is 5.47. The Bertz CT molecular complexity index is 593. The molecule has 1 saturated heterocycles. The summed E-state index contributed by atoms with van der Waals surface area (Å²) in [5.74, 6) is 0.556. The lowest BCUT2D eigenvalue weighted by Crippen LogP contribution is -2.53. The number of carbonyl (C=O) groups excluding carboxylic acids is 1. The Hall–Kier alpha value is -1.93. The number of piperazine rings is 1. The van der Waals surface area contributed by atoms with Crippen LogP contribution in [0.1, 0.15) is 48.2 Å². The molecule has 1 saturated carbocycles. The molecule has 0 unspecified atom stereocenters. The molecule has 5 nitrogen and oxygen atoms in total. The maximum Gasteiger partial charge on any atom is 0.255 e. The van der Waals surface area contributed by atoms with Crippen molar-refractivity contribution >= 4 is 5.91 Å². The van der Waals surface area contributed by atoms with Gasteiger partial charge in [-0.2, -0.15) is 5.26 Å². The molecule has 2 aliphatic rings. The van der Waals surface area contributed by atoms with Gasteiger partial charge in [0.25, 0.3) is 5.91 Å². The van der Waals surface area contributed by atoms with Crippen LogP contribution in [0.25, 0.3) is 0 Å². The molecule has 0 aromatic carbocycles. The number of rotatable bonds is 3. The van der Waals surface area contributed by atoms with Gasteiger partial charge in [0, 0.05) is 38.1 Å². The van der Waals surface area contributed by atoms with E-state index in [1.165, 1.54) is 32.1 Å². The molecule has 2 heterocycles. The third-order valence-electron chi connectivity index (χ3n) is 5.38. The van der Waals surface area contributed by atoms with Crippen molar-refractivity contribution in [3.05, 3.63) is 29.6 Å². The van der Waals surface area contributed by atoms with Gasteiger partial charge in [0.15, 0.2) is 0 Å². The number of nitrogens with zero attached hydrogens (tertiary/aromatic N) is 4. The summed E-state index contributed by atoms with van der Waals surface area (Å²) in [6.45, 7) is 4.88. The van der Waals surface area contributed by atoms with Gasteiger partial charge < -0.3 is 4.90 Å². The summed E-state index contributed by atoms with van der Waals surface area (Å²) in [5, 5.41) is 9.63. The van der Waals surface area contributed by atoms with Crippen molar-refractivity contribution in [2.24, 2.45) is 5.92 Å². The highest BCUT2D eigenvalue weighted by molar-refractivity contribution is 5.94. The van der Waals surface area contributed by atoms with Crippen molar-refractivity contribution in [3.8, 4) is 6.07 Å². The van der Waals surface area contributed by atoms with E-state index in [0.717, 1.165) is 18.8 Å². The number of pyridine rings is 1. The SMILES string of the molecule is Cc1ccc(C(=O)N2CCN([C@H](C#N)C3CCCCC3)CC2)cn1. The van der Waals surface area contributed by atoms with Crippen LogP contribution < -0.4 is 0 Å². The average molecular weight is 326 g/mol. The normalized spacial score (nSPS) is 21.2. The van der Waals surface area contributed by atoms with Crippen molar-refractivity contribution in [2.45, 2.75) is 45.1 Å². The molecule has 0 radical (unpaired) electrons. The minimum atomic E-state index is 0.0172. The number of hydrogen-bond acceptors (Lipinski definition) is 4. The number of aryl methyl sites for hydroxylation is 1. The quantitative estimate of drug-likeness (QED) is 0.857. The zero-order valence-corrected chi connectivity index (χ0v) is 14.4. The Labute approximate surface area is 144 Å². The minimum absolute atomic E-state index is 0.0172. The van der Waals surface area contributed by atoms with Gasteiger partial charge in [0.1, 0.15) is 6.04 Å². The largest absolute Gasteiger partial charge is 0.336 e. The van der Waals surface area contributed by atoms with Crippen LogP contribution in [0.5, 0.6) is 0 Å². The molecule has 1 atom stereocenters. The highest BCUT2D eigenvalue weighted by atomic mass is 16.2. The fourth-order valence-electron chi connectivity index (χ4n) is 3.92. The average Bonchev–Trinajstić information content (AvgIpc) is 2.64. The first-order chi connectivity index (χ1) is 11.7. The molecule has 1 aliphatic heterocycles. The maximum absolute atomic E-state index is 12.6. The van der Waals surface area contributed by atoms with Gasteiger partial charge >= 0.3 is 0 Å². The maximum atomic E-state index is 12.6. The fraction of sp³-hybridized carbons (Fsp3) is 0.632. The first-order valence-electron chi connectivity index (χ1n) is 9.04. The summed E-state index contributed by atoms with van der Waals surface area (Å²) >= 11 is 0. The van der Waals surface area contributed by atoms with Crippen LogP contribution in [-0.4, -0.2) is 52.9 Å². The van der Waals surface area contributed by atoms with E-state index < -0.39 is 0 Å². The zero-order chi connectivity index (χ0) is 16.9. The number of nitriles is 1. The highest BCUT2D eigenvalue weighted by Crippen LogP contribution is 2.29. The summed E-state index contributed by atoms with van der Waals surface area (Å²) < 4.78 is 0. The molecule has 1 amide bonds. The molecule has 0 spiro atoms. The Morgan fingerprint density at radius 1 is 1.21 bits per heavy atom. The Morgan fingerprint density at radius 2 is 1.92 bits per heavy atom. The summed E-state index contributed by atoms with van der Waals surface area (Å²) in [5.41, 5.74) is 1.57. The molecule has 128 valence electrons. The molecule has 0 bridgehead atoms. The lowest BCUT2D eigenvalue weighted by molar-refractivity contribution is 0.0538.